The first-order chi connectivity index (χ1) is 12.2. The van der Waals surface area contributed by atoms with Crippen LogP contribution in [-0.4, -0.2) is 21.4 Å². The summed E-state index contributed by atoms with van der Waals surface area (Å²) < 4.78 is 4.73. The van der Waals surface area contributed by atoms with E-state index in [-0.39, 0.29) is 0 Å². The average Bonchev–Trinajstić information content (AvgIpc) is 2.70. The molecular formula is C24H27In. The summed E-state index contributed by atoms with van der Waals surface area (Å²) in [5, 5.41) is 0. The van der Waals surface area contributed by atoms with E-state index in [1.165, 1.54) is 16.7 Å². The van der Waals surface area contributed by atoms with Gasteiger partial charge in [0.2, 0.25) is 0 Å². The zero-order valence-corrected chi connectivity index (χ0v) is 18.9. The van der Waals surface area contributed by atoms with Crippen LogP contribution in [-0.2, 0) is 19.3 Å². The molecule has 0 aromatic heterocycles. The normalized spacial score (nSPS) is 10.7. The summed E-state index contributed by atoms with van der Waals surface area (Å²) in [6.07, 6.45) is 3.32. The van der Waals surface area contributed by atoms with Crippen molar-refractivity contribution in [1.29, 1.82) is 0 Å². The molecule has 0 atom stereocenters. The minimum absolute atomic E-state index is 1.11. The fourth-order valence-electron chi connectivity index (χ4n) is 3.41. The van der Waals surface area contributed by atoms with Gasteiger partial charge < -0.3 is 0 Å². The van der Waals surface area contributed by atoms with Crippen LogP contribution in [0.3, 0.4) is 0 Å². The van der Waals surface area contributed by atoms with Crippen LogP contribution in [0.2, 0.25) is 0 Å². The molecule has 0 N–H and O–H groups in total. The summed E-state index contributed by atoms with van der Waals surface area (Å²) >= 11 is -2.27. The van der Waals surface area contributed by atoms with Crippen molar-refractivity contribution >= 4 is 31.4 Å². The van der Waals surface area contributed by atoms with Crippen LogP contribution in [0.4, 0.5) is 0 Å². The zero-order valence-electron chi connectivity index (χ0n) is 15.6. The van der Waals surface area contributed by atoms with E-state index in [1.807, 2.05) is 0 Å². The quantitative estimate of drug-likeness (QED) is 0.557. The van der Waals surface area contributed by atoms with Gasteiger partial charge >= 0.3 is 161 Å². The van der Waals surface area contributed by atoms with Crippen LogP contribution in [0.25, 0.3) is 0 Å². The molecule has 0 aliphatic heterocycles. The first kappa shape index (κ1) is 18.3. The van der Waals surface area contributed by atoms with Crippen LogP contribution in [0.5, 0.6) is 0 Å². The van der Waals surface area contributed by atoms with E-state index in [9.17, 15) is 0 Å². The molecule has 3 aromatic carbocycles. The van der Waals surface area contributed by atoms with Gasteiger partial charge in [0.15, 0.2) is 0 Å². The molecule has 3 rings (SSSR count). The van der Waals surface area contributed by atoms with Crippen LogP contribution < -0.4 is 9.96 Å². The predicted octanol–water partition coefficient (Wildman–Crippen LogP) is 3.89. The van der Waals surface area contributed by atoms with Gasteiger partial charge in [-0.25, -0.2) is 0 Å². The molecule has 0 spiro atoms. The Bertz CT molecular complexity index is 670. The Morgan fingerprint density at radius 2 is 0.680 bits per heavy atom. The number of benzene rings is 3. The van der Waals surface area contributed by atoms with E-state index >= 15 is 0 Å². The van der Waals surface area contributed by atoms with E-state index in [0.29, 0.717) is 0 Å². The van der Waals surface area contributed by atoms with Gasteiger partial charge in [0.25, 0.3) is 0 Å². The molecule has 0 radical (unpaired) electrons. The monoisotopic (exact) mass is 430 g/mol. The Kier molecular flexibility index (Phi) is 6.42. The van der Waals surface area contributed by atoms with Crippen LogP contribution in [0, 0.1) is 0 Å². The molecular weight excluding hydrogens is 403 g/mol. The van der Waals surface area contributed by atoms with E-state index < -0.39 is 21.4 Å². The van der Waals surface area contributed by atoms with Gasteiger partial charge in [-0.1, -0.05) is 0 Å². The molecule has 0 amide bonds. The summed E-state index contributed by atoms with van der Waals surface area (Å²) in [5.74, 6) is 0. The van der Waals surface area contributed by atoms with Gasteiger partial charge in [-0.05, 0) is 0 Å². The van der Waals surface area contributed by atoms with Gasteiger partial charge in [-0.3, -0.25) is 0 Å². The predicted molar refractivity (Wildman–Crippen MR) is 112 cm³/mol. The van der Waals surface area contributed by atoms with Crippen LogP contribution >= 0.6 is 0 Å². The van der Waals surface area contributed by atoms with Crippen molar-refractivity contribution < 1.29 is 0 Å². The summed E-state index contributed by atoms with van der Waals surface area (Å²) in [6.45, 7) is 6.67. The first-order valence-corrected chi connectivity index (χ1v) is 14.5. The third-order valence-electron chi connectivity index (χ3n) is 5.16. The zero-order chi connectivity index (χ0) is 17.6. The Morgan fingerprint density at radius 3 is 0.880 bits per heavy atom. The third kappa shape index (κ3) is 4.39. The molecule has 0 fully saturated rings. The molecule has 126 valence electrons. The molecule has 0 saturated carbocycles. The van der Waals surface area contributed by atoms with Crippen molar-refractivity contribution in [1.82, 2.24) is 0 Å². The molecule has 0 aliphatic rings. The molecule has 25 heavy (non-hydrogen) atoms. The number of aryl methyl sites for hydroxylation is 3. The molecule has 1 heteroatoms. The van der Waals surface area contributed by atoms with Gasteiger partial charge in [0.05, 0.1) is 0 Å². The molecule has 0 heterocycles. The molecule has 0 saturated heterocycles. The van der Waals surface area contributed by atoms with Gasteiger partial charge in [-0.2, -0.15) is 0 Å². The Hall–Kier alpha value is -1.47. The SMILES string of the molecule is CCc1cc[c]([In]([c]2ccc(CC)cc2)[c]2ccc(CC)cc2)cc1. The third-order valence-corrected chi connectivity index (χ3v) is 14.2. The fraction of sp³-hybridized carbons (Fsp3) is 0.250. The maximum atomic E-state index is 2.39. The van der Waals surface area contributed by atoms with Gasteiger partial charge in [0, 0.05) is 0 Å². The second kappa shape index (κ2) is 8.76. The number of hydrogen-bond donors (Lipinski definition) is 0. The Morgan fingerprint density at radius 1 is 0.440 bits per heavy atom. The Labute approximate surface area is 160 Å². The molecule has 0 nitrogen and oxygen atoms in total. The van der Waals surface area contributed by atoms with Crippen molar-refractivity contribution in [3.63, 3.8) is 0 Å². The van der Waals surface area contributed by atoms with Crippen molar-refractivity contribution in [2.45, 2.75) is 40.0 Å². The summed E-state index contributed by atoms with van der Waals surface area (Å²) in [4.78, 5) is 0. The van der Waals surface area contributed by atoms with Crippen molar-refractivity contribution in [2.24, 2.45) is 0 Å². The van der Waals surface area contributed by atoms with Gasteiger partial charge in [-0.15, -0.1) is 0 Å². The van der Waals surface area contributed by atoms with Crippen LogP contribution in [0.1, 0.15) is 37.5 Å². The topological polar surface area (TPSA) is 0 Å². The molecule has 0 unspecified atom stereocenters. The fourth-order valence-corrected chi connectivity index (χ4v) is 11.7. The standard InChI is InChI=1S/3C8H9.In/c3*1-2-8-6-4-3-5-7-8;/h3*4-7H,2H2,1H3;. The van der Waals surface area contributed by atoms with Gasteiger partial charge in [0.1, 0.15) is 0 Å². The first-order valence-electron chi connectivity index (χ1n) is 9.51. The minimum atomic E-state index is -2.27. The van der Waals surface area contributed by atoms with E-state index in [1.54, 1.807) is 9.96 Å². The summed E-state index contributed by atoms with van der Waals surface area (Å²) in [6, 6.07) is 28.3. The molecule has 0 bridgehead atoms. The van der Waals surface area contributed by atoms with E-state index in [4.69, 9.17) is 0 Å². The second-order valence-corrected chi connectivity index (χ2v) is 14.9. The van der Waals surface area contributed by atoms with Crippen molar-refractivity contribution in [3.05, 3.63) is 89.5 Å². The van der Waals surface area contributed by atoms with Crippen molar-refractivity contribution in [3.8, 4) is 0 Å². The maximum absolute atomic E-state index is 2.39. The molecule has 0 aliphatic carbocycles. The van der Waals surface area contributed by atoms with Crippen molar-refractivity contribution in [2.75, 3.05) is 0 Å². The number of rotatable bonds is 6. The average molecular weight is 430 g/mol. The Balaban J connectivity index is 2.04. The molecule has 3 aromatic rings. The van der Waals surface area contributed by atoms with Crippen LogP contribution in [0.15, 0.2) is 72.8 Å². The summed E-state index contributed by atoms with van der Waals surface area (Å²) in [5.41, 5.74) is 4.28. The van der Waals surface area contributed by atoms with E-state index in [2.05, 4.69) is 93.6 Å². The van der Waals surface area contributed by atoms with E-state index in [0.717, 1.165) is 19.3 Å². The summed E-state index contributed by atoms with van der Waals surface area (Å²) in [7, 11) is 0. The number of hydrogen-bond acceptors (Lipinski definition) is 0. The second-order valence-electron chi connectivity index (χ2n) is 6.72.